The molecule has 0 aromatic rings. The standard InChI is InChI=1S/C8H15NO2/c1-5(9)3-6-4-7(6)8(10)11-2/h5-7H,3-4,9H2,1-2H3/t5?,6-,7+/m0/s1. The molecule has 0 radical (unpaired) electrons. The number of nitrogens with two attached hydrogens (primary N) is 1. The van der Waals surface area contributed by atoms with Crippen molar-refractivity contribution in [2.45, 2.75) is 25.8 Å². The van der Waals surface area contributed by atoms with E-state index in [1.54, 1.807) is 0 Å². The van der Waals surface area contributed by atoms with E-state index in [0.29, 0.717) is 5.92 Å². The summed E-state index contributed by atoms with van der Waals surface area (Å²) < 4.78 is 4.61. The summed E-state index contributed by atoms with van der Waals surface area (Å²) in [7, 11) is 1.43. The van der Waals surface area contributed by atoms with Crippen LogP contribution in [0.5, 0.6) is 0 Å². The SMILES string of the molecule is COC(=O)[C@@H]1C[C@@H]1CC(C)N. The Morgan fingerprint density at radius 1 is 1.82 bits per heavy atom. The van der Waals surface area contributed by atoms with Crippen LogP contribution < -0.4 is 5.73 Å². The molecule has 3 nitrogen and oxygen atoms in total. The largest absolute Gasteiger partial charge is 0.469 e. The first-order chi connectivity index (χ1) is 5.15. The highest BCUT2D eigenvalue weighted by molar-refractivity contribution is 5.75. The summed E-state index contributed by atoms with van der Waals surface area (Å²) in [6.07, 6.45) is 1.91. The van der Waals surface area contributed by atoms with E-state index in [1.807, 2.05) is 6.92 Å². The highest BCUT2D eigenvalue weighted by Crippen LogP contribution is 2.42. The molecule has 1 aliphatic carbocycles. The van der Waals surface area contributed by atoms with Gasteiger partial charge in [0.25, 0.3) is 0 Å². The number of methoxy groups -OCH3 is 1. The van der Waals surface area contributed by atoms with E-state index >= 15 is 0 Å². The molecule has 0 saturated heterocycles. The number of hydrogen-bond donors (Lipinski definition) is 1. The molecule has 0 amide bonds. The van der Waals surface area contributed by atoms with Gasteiger partial charge in [0.1, 0.15) is 0 Å². The minimum absolute atomic E-state index is 0.0735. The van der Waals surface area contributed by atoms with Crippen molar-refractivity contribution in [3.05, 3.63) is 0 Å². The van der Waals surface area contributed by atoms with Crippen molar-refractivity contribution in [3.63, 3.8) is 0 Å². The average Bonchev–Trinajstić information content (AvgIpc) is 2.65. The second-order valence-corrected chi connectivity index (χ2v) is 3.34. The monoisotopic (exact) mass is 157 g/mol. The number of esters is 1. The maximum Gasteiger partial charge on any atom is 0.308 e. The van der Waals surface area contributed by atoms with Crippen LogP contribution in [0.1, 0.15) is 19.8 Å². The highest BCUT2D eigenvalue weighted by Gasteiger charge is 2.43. The van der Waals surface area contributed by atoms with Gasteiger partial charge in [-0.25, -0.2) is 0 Å². The molecule has 0 aromatic heterocycles. The Balaban J connectivity index is 2.21. The molecule has 0 aliphatic heterocycles. The number of carbonyl (C=O) groups excluding carboxylic acids is 1. The molecule has 1 unspecified atom stereocenters. The molecule has 11 heavy (non-hydrogen) atoms. The van der Waals surface area contributed by atoms with E-state index in [4.69, 9.17) is 5.73 Å². The molecular formula is C8H15NO2. The summed E-state index contributed by atoms with van der Waals surface area (Å²) in [5, 5.41) is 0. The first-order valence-corrected chi connectivity index (χ1v) is 3.98. The third-order valence-corrected chi connectivity index (χ3v) is 2.10. The lowest BCUT2D eigenvalue weighted by Crippen LogP contribution is -2.16. The fourth-order valence-corrected chi connectivity index (χ4v) is 1.43. The van der Waals surface area contributed by atoms with Crippen LogP contribution in [-0.4, -0.2) is 19.1 Å². The van der Waals surface area contributed by atoms with Crippen LogP contribution in [0.4, 0.5) is 0 Å². The van der Waals surface area contributed by atoms with Crippen LogP contribution in [0.3, 0.4) is 0 Å². The lowest BCUT2D eigenvalue weighted by molar-refractivity contribution is -0.142. The van der Waals surface area contributed by atoms with Gasteiger partial charge in [0.05, 0.1) is 13.0 Å². The summed E-state index contributed by atoms with van der Waals surface area (Å²) in [5.74, 6) is 0.559. The minimum Gasteiger partial charge on any atom is -0.469 e. The Morgan fingerprint density at radius 2 is 2.45 bits per heavy atom. The van der Waals surface area contributed by atoms with Gasteiger partial charge in [-0.2, -0.15) is 0 Å². The Kier molecular flexibility index (Phi) is 2.49. The molecule has 1 rings (SSSR count). The van der Waals surface area contributed by atoms with E-state index in [2.05, 4.69) is 4.74 Å². The summed E-state index contributed by atoms with van der Waals surface area (Å²) in [5.41, 5.74) is 5.59. The third-order valence-electron chi connectivity index (χ3n) is 2.10. The maximum absolute atomic E-state index is 10.9. The Morgan fingerprint density at radius 3 is 2.91 bits per heavy atom. The maximum atomic E-state index is 10.9. The van der Waals surface area contributed by atoms with E-state index in [9.17, 15) is 4.79 Å². The smallest absolute Gasteiger partial charge is 0.308 e. The Labute approximate surface area is 66.9 Å². The minimum atomic E-state index is -0.0735. The highest BCUT2D eigenvalue weighted by atomic mass is 16.5. The second-order valence-electron chi connectivity index (χ2n) is 3.34. The zero-order valence-corrected chi connectivity index (χ0v) is 7.04. The number of hydrogen-bond acceptors (Lipinski definition) is 3. The number of rotatable bonds is 3. The van der Waals surface area contributed by atoms with Crippen molar-refractivity contribution in [3.8, 4) is 0 Å². The average molecular weight is 157 g/mol. The summed E-state index contributed by atoms with van der Waals surface area (Å²) in [6, 6.07) is 0.203. The Bertz CT molecular complexity index is 156. The van der Waals surface area contributed by atoms with Crippen LogP contribution in [-0.2, 0) is 9.53 Å². The zero-order valence-electron chi connectivity index (χ0n) is 7.04. The van der Waals surface area contributed by atoms with Gasteiger partial charge in [-0.1, -0.05) is 0 Å². The molecule has 2 N–H and O–H groups in total. The van der Waals surface area contributed by atoms with Gasteiger partial charge in [-0.3, -0.25) is 4.79 Å². The van der Waals surface area contributed by atoms with E-state index in [1.165, 1.54) is 7.11 Å². The van der Waals surface area contributed by atoms with Gasteiger partial charge in [0, 0.05) is 6.04 Å². The second kappa shape index (κ2) is 3.22. The predicted octanol–water partition coefficient (Wildman–Crippen LogP) is 0.533. The number of ether oxygens (including phenoxy) is 1. The van der Waals surface area contributed by atoms with Crippen molar-refractivity contribution in [2.75, 3.05) is 7.11 Å². The first-order valence-electron chi connectivity index (χ1n) is 3.98. The van der Waals surface area contributed by atoms with E-state index in [-0.39, 0.29) is 17.9 Å². The third kappa shape index (κ3) is 2.19. The quantitative estimate of drug-likeness (QED) is 0.608. The molecule has 1 fully saturated rings. The normalized spacial score (nSPS) is 31.2. The van der Waals surface area contributed by atoms with Gasteiger partial charge >= 0.3 is 5.97 Å². The molecule has 0 aromatic carbocycles. The molecule has 64 valence electrons. The van der Waals surface area contributed by atoms with Gasteiger partial charge < -0.3 is 10.5 Å². The first kappa shape index (κ1) is 8.53. The topological polar surface area (TPSA) is 52.3 Å². The van der Waals surface area contributed by atoms with Crippen LogP contribution in [0.2, 0.25) is 0 Å². The van der Waals surface area contributed by atoms with E-state index in [0.717, 1.165) is 12.8 Å². The fourth-order valence-electron chi connectivity index (χ4n) is 1.43. The van der Waals surface area contributed by atoms with Gasteiger partial charge in [-0.05, 0) is 25.7 Å². The van der Waals surface area contributed by atoms with Crippen LogP contribution in [0.15, 0.2) is 0 Å². The lowest BCUT2D eigenvalue weighted by Gasteiger charge is -2.02. The lowest BCUT2D eigenvalue weighted by atomic mass is 10.1. The van der Waals surface area contributed by atoms with Crippen molar-refractivity contribution < 1.29 is 9.53 Å². The molecule has 0 spiro atoms. The van der Waals surface area contributed by atoms with Crippen LogP contribution in [0.25, 0.3) is 0 Å². The summed E-state index contributed by atoms with van der Waals surface area (Å²) >= 11 is 0. The van der Waals surface area contributed by atoms with Crippen molar-refractivity contribution in [2.24, 2.45) is 17.6 Å². The van der Waals surface area contributed by atoms with Crippen molar-refractivity contribution >= 4 is 5.97 Å². The fraction of sp³-hybridized carbons (Fsp3) is 0.875. The molecule has 3 heteroatoms. The molecule has 0 bridgehead atoms. The zero-order chi connectivity index (χ0) is 8.43. The van der Waals surface area contributed by atoms with Crippen LogP contribution in [0, 0.1) is 11.8 Å². The molecular weight excluding hydrogens is 142 g/mol. The van der Waals surface area contributed by atoms with Gasteiger partial charge in [-0.15, -0.1) is 0 Å². The van der Waals surface area contributed by atoms with Gasteiger partial charge in [0.2, 0.25) is 0 Å². The molecule has 0 heterocycles. The van der Waals surface area contributed by atoms with Crippen LogP contribution >= 0.6 is 0 Å². The van der Waals surface area contributed by atoms with Gasteiger partial charge in [0.15, 0.2) is 0 Å². The molecule has 1 saturated carbocycles. The van der Waals surface area contributed by atoms with E-state index < -0.39 is 0 Å². The molecule has 1 aliphatic rings. The summed E-state index contributed by atoms with van der Waals surface area (Å²) in [4.78, 5) is 10.9. The molecule has 3 atom stereocenters. The number of carbonyl (C=O) groups is 1. The van der Waals surface area contributed by atoms with Crippen molar-refractivity contribution in [1.29, 1.82) is 0 Å². The Hall–Kier alpha value is -0.570. The van der Waals surface area contributed by atoms with Crippen molar-refractivity contribution in [1.82, 2.24) is 0 Å². The predicted molar refractivity (Wildman–Crippen MR) is 41.9 cm³/mol. The summed E-state index contributed by atoms with van der Waals surface area (Å²) in [6.45, 7) is 1.96.